The lowest BCUT2D eigenvalue weighted by molar-refractivity contribution is 0.102. The van der Waals surface area contributed by atoms with Crippen molar-refractivity contribution in [2.45, 2.75) is 44.4 Å². The van der Waals surface area contributed by atoms with Gasteiger partial charge in [-0.15, -0.1) is 0 Å². The lowest BCUT2D eigenvalue weighted by Crippen LogP contribution is -2.31. The standard InChI is InChI=1S/C22H25N3O3S2/c1-15-13-19-20(14-16(15)2)29-22(23-19)24-21(26)17-7-9-18(10-8-17)30(27,28)25-11-5-3-4-6-12-25/h7-10,13-14H,3-6,11-12H2,1-2H3,(H,23,24,26). The Bertz CT molecular complexity index is 1140. The number of carbonyl (C=O) groups excluding carboxylic acids is 1. The summed E-state index contributed by atoms with van der Waals surface area (Å²) in [5.41, 5.74) is 3.60. The van der Waals surface area contributed by atoms with Crippen LogP contribution in [0.1, 0.15) is 47.2 Å². The zero-order valence-corrected chi connectivity index (χ0v) is 18.8. The molecular weight excluding hydrogens is 418 g/mol. The smallest absolute Gasteiger partial charge is 0.257 e. The number of thiazole rings is 1. The molecule has 30 heavy (non-hydrogen) atoms. The van der Waals surface area contributed by atoms with Gasteiger partial charge in [-0.2, -0.15) is 4.31 Å². The summed E-state index contributed by atoms with van der Waals surface area (Å²) in [7, 11) is -3.52. The van der Waals surface area contributed by atoms with E-state index in [1.54, 1.807) is 16.4 Å². The highest BCUT2D eigenvalue weighted by Gasteiger charge is 2.25. The second kappa shape index (κ2) is 8.45. The molecule has 158 valence electrons. The van der Waals surface area contributed by atoms with Crippen molar-refractivity contribution in [1.82, 2.24) is 9.29 Å². The van der Waals surface area contributed by atoms with E-state index in [1.165, 1.54) is 29.0 Å². The molecule has 2 heterocycles. The van der Waals surface area contributed by atoms with Crippen molar-refractivity contribution in [3.05, 3.63) is 53.1 Å². The minimum atomic E-state index is -3.52. The number of rotatable bonds is 4. The molecule has 1 N–H and O–H groups in total. The van der Waals surface area contributed by atoms with Crippen molar-refractivity contribution in [2.75, 3.05) is 18.4 Å². The van der Waals surface area contributed by atoms with Crippen LogP contribution in [-0.2, 0) is 10.0 Å². The first-order valence-electron chi connectivity index (χ1n) is 10.1. The summed E-state index contributed by atoms with van der Waals surface area (Å²) in [5, 5.41) is 3.35. The normalized spacial score (nSPS) is 15.8. The number of anilines is 1. The van der Waals surface area contributed by atoms with Crippen molar-refractivity contribution < 1.29 is 13.2 Å². The Labute approximate surface area is 181 Å². The maximum Gasteiger partial charge on any atom is 0.257 e. The van der Waals surface area contributed by atoms with Gasteiger partial charge in [0.25, 0.3) is 5.91 Å². The van der Waals surface area contributed by atoms with Gasteiger partial charge in [-0.3, -0.25) is 10.1 Å². The number of nitrogens with zero attached hydrogens (tertiary/aromatic N) is 2. The number of aromatic nitrogens is 1. The van der Waals surface area contributed by atoms with Gasteiger partial charge in [0.05, 0.1) is 15.1 Å². The summed E-state index contributed by atoms with van der Waals surface area (Å²) >= 11 is 1.43. The van der Waals surface area contributed by atoms with E-state index in [4.69, 9.17) is 0 Å². The minimum absolute atomic E-state index is 0.229. The maximum atomic E-state index is 12.9. The summed E-state index contributed by atoms with van der Waals surface area (Å²) in [6.07, 6.45) is 3.91. The second-order valence-corrected chi connectivity index (χ2v) is 10.7. The number of amides is 1. The molecule has 0 atom stereocenters. The summed E-state index contributed by atoms with van der Waals surface area (Å²) < 4.78 is 28.3. The highest BCUT2D eigenvalue weighted by molar-refractivity contribution is 7.89. The Balaban J connectivity index is 1.50. The van der Waals surface area contributed by atoms with E-state index < -0.39 is 10.0 Å². The first-order valence-corrected chi connectivity index (χ1v) is 12.4. The summed E-state index contributed by atoms with van der Waals surface area (Å²) in [4.78, 5) is 17.3. The van der Waals surface area contributed by atoms with Crippen LogP contribution >= 0.6 is 11.3 Å². The van der Waals surface area contributed by atoms with Crippen molar-refractivity contribution in [1.29, 1.82) is 0 Å². The molecule has 6 nitrogen and oxygen atoms in total. The van der Waals surface area contributed by atoms with Crippen LogP contribution in [0.2, 0.25) is 0 Å². The minimum Gasteiger partial charge on any atom is -0.298 e. The molecule has 1 aliphatic heterocycles. The first kappa shape index (κ1) is 21.0. The van der Waals surface area contributed by atoms with Crippen molar-refractivity contribution in [2.24, 2.45) is 0 Å². The van der Waals surface area contributed by atoms with Gasteiger partial charge in [0.15, 0.2) is 5.13 Å². The molecule has 8 heteroatoms. The zero-order chi connectivity index (χ0) is 21.3. The van der Waals surface area contributed by atoms with Crippen molar-refractivity contribution >= 4 is 42.6 Å². The molecular formula is C22H25N3O3S2. The number of benzene rings is 2. The zero-order valence-electron chi connectivity index (χ0n) is 17.1. The van der Waals surface area contributed by atoms with Gasteiger partial charge < -0.3 is 0 Å². The molecule has 1 fully saturated rings. The molecule has 0 bridgehead atoms. The van der Waals surface area contributed by atoms with Gasteiger partial charge in [-0.25, -0.2) is 13.4 Å². The number of fused-ring (bicyclic) bond motifs is 1. The number of aryl methyl sites for hydroxylation is 2. The fraction of sp³-hybridized carbons (Fsp3) is 0.364. The average molecular weight is 444 g/mol. The number of sulfonamides is 1. The van der Waals surface area contributed by atoms with E-state index in [-0.39, 0.29) is 10.8 Å². The molecule has 0 radical (unpaired) electrons. The molecule has 1 aliphatic rings. The lowest BCUT2D eigenvalue weighted by atomic mass is 10.1. The van der Waals surface area contributed by atoms with Crippen LogP contribution in [0.5, 0.6) is 0 Å². The lowest BCUT2D eigenvalue weighted by Gasteiger charge is -2.20. The quantitative estimate of drug-likeness (QED) is 0.632. The van der Waals surface area contributed by atoms with E-state index >= 15 is 0 Å². The fourth-order valence-corrected chi connectivity index (χ4v) is 6.07. The predicted octanol–water partition coefficient (Wildman–Crippen LogP) is 4.73. The average Bonchev–Trinajstić information content (AvgIpc) is 2.92. The highest BCUT2D eigenvalue weighted by atomic mass is 32.2. The molecule has 0 spiro atoms. The third-order valence-corrected chi connectivity index (χ3v) is 8.39. The van der Waals surface area contributed by atoms with Crippen LogP contribution in [-0.4, -0.2) is 36.7 Å². The topological polar surface area (TPSA) is 79.4 Å². The monoisotopic (exact) mass is 443 g/mol. The third-order valence-electron chi connectivity index (χ3n) is 5.54. The van der Waals surface area contributed by atoms with Crippen molar-refractivity contribution in [3.8, 4) is 0 Å². The molecule has 4 rings (SSSR count). The molecule has 1 amide bonds. The summed E-state index contributed by atoms with van der Waals surface area (Å²) in [6.45, 7) is 5.20. The molecule has 0 aliphatic carbocycles. The Morgan fingerprint density at radius 3 is 2.30 bits per heavy atom. The van der Waals surface area contributed by atoms with Crippen LogP contribution in [0, 0.1) is 13.8 Å². The molecule has 0 saturated carbocycles. The van der Waals surface area contributed by atoms with Crippen LogP contribution in [0.15, 0.2) is 41.3 Å². The predicted molar refractivity (Wildman–Crippen MR) is 121 cm³/mol. The Morgan fingerprint density at radius 2 is 1.63 bits per heavy atom. The number of nitrogens with one attached hydrogen (secondary N) is 1. The molecule has 1 aromatic heterocycles. The van der Waals surface area contributed by atoms with E-state index in [1.807, 2.05) is 19.9 Å². The van der Waals surface area contributed by atoms with Crippen LogP contribution in [0.3, 0.4) is 0 Å². The number of hydrogen-bond acceptors (Lipinski definition) is 5. The van der Waals surface area contributed by atoms with Gasteiger partial charge in [-0.05, 0) is 74.2 Å². The molecule has 1 saturated heterocycles. The van der Waals surface area contributed by atoms with Gasteiger partial charge >= 0.3 is 0 Å². The Morgan fingerprint density at radius 1 is 1.00 bits per heavy atom. The van der Waals surface area contributed by atoms with Crippen LogP contribution in [0.25, 0.3) is 10.2 Å². The Hall–Kier alpha value is -2.29. The van der Waals surface area contributed by atoms with Gasteiger partial charge in [0.1, 0.15) is 0 Å². The largest absolute Gasteiger partial charge is 0.298 e. The maximum absolute atomic E-state index is 12.9. The van der Waals surface area contributed by atoms with Crippen molar-refractivity contribution in [3.63, 3.8) is 0 Å². The first-order chi connectivity index (χ1) is 14.3. The van der Waals surface area contributed by atoms with Gasteiger partial charge in [0, 0.05) is 18.7 Å². The number of carbonyl (C=O) groups is 1. The highest BCUT2D eigenvalue weighted by Crippen LogP contribution is 2.29. The SMILES string of the molecule is Cc1cc2nc(NC(=O)c3ccc(S(=O)(=O)N4CCCCCC4)cc3)sc2cc1C. The number of hydrogen-bond donors (Lipinski definition) is 1. The summed E-state index contributed by atoms with van der Waals surface area (Å²) in [5.74, 6) is -0.304. The fourth-order valence-electron chi connectivity index (χ4n) is 3.61. The molecule has 3 aromatic rings. The second-order valence-electron chi connectivity index (χ2n) is 7.72. The van der Waals surface area contributed by atoms with E-state index in [0.29, 0.717) is 23.8 Å². The van der Waals surface area contributed by atoms with Crippen LogP contribution in [0.4, 0.5) is 5.13 Å². The van der Waals surface area contributed by atoms with Gasteiger partial charge in [-0.1, -0.05) is 24.2 Å². The van der Waals surface area contributed by atoms with E-state index in [9.17, 15) is 13.2 Å². The third kappa shape index (κ3) is 4.26. The van der Waals surface area contributed by atoms with Gasteiger partial charge in [0.2, 0.25) is 10.0 Å². The van der Waals surface area contributed by atoms with E-state index in [2.05, 4.69) is 16.4 Å². The van der Waals surface area contributed by atoms with Crippen LogP contribution < -0.4 is 5.32 Å². The molecule has 0 unspecified atom stereocenters. The Kier molecular flexibility index (Phi) is 5.90. The molecule has 2 aromatic carbocycles. The van der Waals surface area contributed by atoms with E-state index in [0.717, 1.165) is 41.5 Å². The summed E-state index contributed by atoms with van der Waals surface area (Å²) in [6, 6.07) is 10.2.